The number of fused-ring (bicyclic) bond motifs is 1. The zero-order chi connectivity index (χ0) is 8.72. The number of hydrogen-bond acceptors (Lipinski definition) is 5. The molecule has 4 nitrogen and oxygen atoms in total. The van der Waals surface area contributed by atoms with Crippen molar-refractivity contribution in [2.24, 2.45) is 0 Å². The molecular weight excluding hydrogens is 287 g/mol. The van der Waals surface area contributed by atoms with Crippen molar-refractivity contribution in [3.8, 4) is 0 Å². The zero-order valence-corrected chi connectivity index (χ0v) is 9.16. The fraction of sp³-hybridized carbons (Fsp3) is 0.333. The van der Waals surface area contributed by atoms with Gasteiger partial charge in [0.05, 0.1) is 9.49 Å². The summed E-state index contributed by atoms with van der Waals surface area (Å²) in [7, 11) is 0. The van der Waals surface area contributed by atoms with Gasteiger partial charge in [0.25, 0.3) is 0 Å². The van der Waals surface area contributed by atoms with Gasteiger partial charge in [0.15, 0.2) is 0 Å². The number of halogens is 1. The van der Waals surface area contributed by atoms with Crippen LogP contribution in [0.15, 0.2) is 6.33 Å². The number of alkyl halides is 1. The van der Waals surface area contributed by atoms with Gasteiger partial charge in [0, 0.05) is 6.54 Å². The molecule has 1 aromatic heterocycles. The van der Waals surface area contributed by atoms with Gasteiger partial charge < -0.3 is 10.0 Å². The highest BCUT2D eigenvalue weighted by atomic mass is 127. The van der Waals surface area contributed by atoms with E-state index in [2.05, 4.69) is 45.4 Å². The Kier molecular flexibility index (Phi) is 2.03. The fourth-order valence-electron chi connectivity index (χ4n) is 1.24. The molecule has 2 N–H and O–H groups in total. The second-order valence-corrected chi connectivity index (χ2v) is 4.53. The van der Waals surface area contributed by atoms with Crippen LogP contribution >= 0.6 is 35.4 Å². The number of rotatable bonds is 0. The average Bonchev–Trinajstić information content (AvgIpc) is 2.29. The number of anilines is 2. The van der Waals surface area contributed by atoms with Crippen LogP contribution in [-0.4, -0.2) is 16.5 Å². The van der Waals surface area contributed by atoms with Crippen LogP contribution in [0.3, 0.4) is 0 Å². The van der Waals surface area contributed by atoms with E-state index in [0.717, 1.165) is 17.9 Å². The number of nitrogens with zero attached hydrogens (tertiary/aromatic N) is 3. The number of aromatic nitrogens is 2. The van der Waals surface area contributed by atoms with E-state index in [1.165, 1.54) is 6.33 Å². The summed E-state index contributed by atoms with van der Waals surface area (Å²) in [5.41, 5.74) is 6.72. The van der Waals surface area contributed by atoms with Crippen LogP contribution < -0.4 is 10.0 Å². The minimum atomic E-state index is 0.344. The summed E-state index contributed by atoms with van der Waals surface area (Å²) >= 11 is 6.57. The van der Waals surface area contributed by atoms with Gasteiger partial charge in [-0.1, -0.05) is 35.4 Å². The Morgan fingerprint density at radius 3 is 3.08 bits per heavy atom. The summed E-state index contributed by atoms with van der Waals surface area (Å²) < 4.78 is 2.14. The molecule has 0 fully saturated rings. The number of hydrogen-bond donors (Lipinski definition) is 2. The van der Waals surface area contributed by atoms with Gasteiger partial charge in [-0.25, -0.2) is 9.97 Å². The topological polar surface area (TPSA) is 55.0 Å². The molecule has 0 saturated carbocycles. The summed E-state index contributed by atoms with van der Waals surface area (Å²) in [6.45, 7) is 0.835. The summed E-state index contributed by atoms with van der Waals surface area (Å²) in [6, 6.07) is 0. The van der Waals surface area contributed by atoms with Gasteiger partial charge in [-0.15, -0.1) is 0 Å². The van der Waals surface area contributed by atoms with Crippen molar-refractivity contribution in [1.82, 2.24) is 9.97 Å². The lowest BCUT2D eigenvalue weighted by molar-refractivity contribution is 1.06. The molecule has 1 aliphatic heterocycles. The van der Waals surface area contributed by atoms with E-state index in [1.807, 2.05) is 0 Å². The molecule has 0 amide bonds. The molecule has 1 atom stereocenters. The molecule has 0 aliphatic carbocycles. The molecule has 1 aliphatic rings. The van der Waals surface area contributed by atoms with Crippen LogP contribution in [0, 0.1) is 0 Å². The predicted octanol–water partition coefficient (Wildman–Crippen LogP) is 1.20. The minimum Gasteiger partial charge on any atom is -0.383 e. The lowest BCUT2D eigenvalue weighted by Gasteiger charge is -2.07. The molecule has 2 heterocycles. The quantitative estimate of drug-likeness (QED) is 0.429. The zero-order valence-electron chi connectivity index (χ0n) is 6.11. The van der Waals surface area contributed by atoms with E-state index in [1.54, 1.807) is 4.31 Å². The molecular formula is C6H7IN4S. The van der Waals surface area contributed by atoms with Crippen molar-refractivity contribution in [3.63, 3.8) is 0 Å². The van der Waals surface area contributed by atoms with Crippen molar-refractivity contribution >= 4 is 47.0 Å². The van der Waals surface area contributed by atoms with E-state index in [9.17, 15) is 0 Å². The maximum Gasteiger partial charge on any atom is 0.148 e. The summed E-state index contributed by atoms with van der Waals surface area (Å²) in [4.78, 5) is 8.04. The largest absolute Gasteiger partial charge is 0.383 e. The fourth-order valence-corrected chi connectivity index (χ4v) is 2.86. The maximum absolute atomic E-state index is 5.71. The molecule has 0 radical (unpaired) electrons. The third kappa shape index (κ3) is 1.13. The Morgan fingerprint density at radius 1 is 1.67 bits per heavy atom. The molecule has 0 bridgehead atoms. The molecule has 1 unspecified atom stereocenters. The molecule has 1 aromatic rings. The lowest BCUT2D eigenvalue weighted by Crippen LogP contribution is -2.06. The van der Waals surface area contributed by atoms with Crippen LogP contribution in [0.4, 0.5) is 11.6 Å². The number of nitrogen functional groups attached to an aromatic ring is 1. The summed E-state index contributed by atoms with van der Waals surface area (Å²) in [5, 5.41) is 0. The van der Waals surface area contributed by atoms with Crippen LogP contribution in [0.2, 0.25) is 0 Å². The highest BCUT2D eigenvalue weighted by Crippen LogP contribution is 2.41. The first kappa shape index (κ1) is 8.36. The second kappa shape index (κ2) is 2.91. The highest BCUT2D eigenvalue weighted by molar-refractivity contribution is 14.1. The van der Waals surface area contributed by atoms with Gasteiger partial charge in [-0.2, -0.15) is 0 Å². The van der Waals surface area contributed by atoms with E-state index in [4.69, 9.17) is 5.73 Å². The van der Waals surface area contributed by atoms with Crippen LogP contribution in [0.5, 0.6) is 0 Å². The van der Waals surface area contributed by atoms with Gasteiger partial charge >= 0.3 is 0 Å². The van der Waals surface area contributed by atoms with Crippen molar-refractivity contribution in [3.05, 3.63) is 11.9 Å². The smallest absolute Gasteiger partial charge is 0.148 e. The molecule has 6 heteroatoms. The Labute approximate surface area is 89.2 Å². The van der Waals surface area contributed by atoms with Crippen molar-refractivity contribution < 1.29 is 0 Å². The molecule has 0 saturated heterocycles. The lowest BCUT2D eigenvalue weighted by atomic mass is 10.2. The monoisotopic (exact) mass is 294 g/mol. The van der Waals surface area contributed by atoms with Crippen molar-refractivity contribution in [2.75, 3.05) is 16.6 Å². The Balaban J connectivity index is 2.59. The average molecular weight is 294 g/mol. The second-order valence-electron chi connectivity index (χ2n) is 2.55. The van der Waals surface area contributed by atoms with E-state index >= 15 is 0 Å². The van der Waals surface area contributed by atoms with E-state index < -0.39 is 0 Å². The first-order chi connectivity index (χ1) is 5.70. The van der Waals surface area contributed by atoms with Crippen molar-refractivity contribution in [1.29, 1.82) is 0 Å². The third-order valence-electron chi connectivity index (χ3n) is 1.78. The maximum atomic E-state index is 5.71. The van der Waals surface area contributed by atoms with E-state index in [-0.39, 0.29) is 0 Å². The molecule has 64 valence electrons. The minimum absolute atomic E-state index is 0.344. The SMILES string of the molecule is Nc1ncnc2c1C(I)CN2S. The van der Waals surface area contributed by atoms with Gasteiger partial charge in [-0.05, 0) is 0 Å². The van der Waals surface area contributed by atoms with E-state index in [0.29, 0.717) is 9.74 Å². The van der Waals surface area contributed by atoms with Gasteiger partial charge in [0.2, 0.25) is 0 Å². The van der Waals surface area contributed by atoms with Crippen LogP contribution in [0.25, 0.3) is 0 Å². The normalized spacial score (nSPS) is 21.2. The Morgan fingerprint density at radius 2 is 2.42 bits per heavy atom. The first-order valence-electron chi connectivity index (χ1n) is 3.41. The van der Waals surface area contributed by atoms with Crippen molar-refractivity contribution in [2.45, 2.75) is 3.92 Å². The number of nitrogens with two attached hydrogens (primary N) is 1. The predicted molar refractivity (Wildman–Crippen MR) is 59.5 cm³/mol. The standard InChI is InChI=1S/C6H7IN4S/c7-3-1-11(12)6-4(3)5(8)9-2-10-6/h2-3,12H,1H2,(H2,8,9,10). The summed E-state index contributed by atoms with van der Waals surface area (Å²) in [6.07, 6.45) is 1.46. The first-order valence-corrected chi connectivity index (χ1v) is 5.05. The highest BCUT2D eigenvalue weighted by Gasteiger charge is 2.28. The van der Waals surface area contributed by atoms with Crippen LogP contribution in [-0.2, 0) is 0 Å². The van der Waals surface area contributed by atoms with Crippen LogP contribution in [0.1, 0.15) is 9.49 Å². The van der Waals surface area contributed by atoms with Gasteiger partial charge in [-0.3, -0.25) is 0 Å². The molecule has 0 spiro atoms. The Bertz CT molecular complexity index is 318. The number of thiol groups is 1. The Hall–Kier alpha value is -0.240. The summed E-state index contributed by atoms with van der Waals surface area (Å²) in [5.74, 6) is 1.40. The molecule has 0 aromatic carbocycles. The van der Waals surface area contributed by atoms with Gasteiger partial charge in [0.1, 0.15) is 18.0 Å². The molecule has 2 rings (SSSR count). The third-order valence-corrected chi connectivity index (χ3v) is 3.15. The molecule has 12 heavy (non-hydrogen) atoms.